The molecule has 0 radical (unpaired) electrons. The highest BCUT2D eigenvalue weighted by Crippen LogP contribution is 2.27. The van der Waals surface area contributed by atoms with E-state index in [1.165, 1.54) is 11.3 Å². The van der Waals surface area contributed by atoms with Crippen LogP contribution in [0.2, 0.25) is 0 Å². The minimum Gasteiger partial charge on any atom is -0.465 e. The monoisotopic (exact) mass is 453 g/mol. The molecule has 1 amide bonds. The van der Waals surface area contributed by atoms with Crippen LogP contribution in [0.15, 0.2) is 10.8 Å². The highest BCUT2D eigenvalue weighted by Gasteiger charge is 2.30. The molecule has 11 heteroatoms. The summed E-state index contributed by atoms with van der Waals surface area (Å²) < 4.78 is 8.34. The Morgan fingerprint density at radius 3 is 2.89 bits per heavy atom. The molecule has 2 aliphatic rings. The fraction of sp³-hybridized carbons (Fsp3) is 0.647. The maximum absolute atomic E-state index is 11.3. The van der Waals surface area contributed by atoms with E-state index < -0.39 is 6.09 Å². The van der Waals surface area contributed by atoms with Crippen molar-refractivity contribution >= 4 is 33.5 Å². The molecule has 2 atom stereocenters. The Kier molecular flexibility index (Phi) is 5.28. The molecule has 2 fully saturated rings. The van der Waals surface area contributed by atoms with Crippen molar-refractivity contribution < 1.29 is 14.6 Å². The number of carboxylic acid groups (broad SMARTS) is 1. The van der Waals surface area contributed by atoms with Crippen LogP contribution in [0.1, 0.15) is 19.8 Å². The molecule has 2 aromatic rings. The maximum atomic E-state index is 11.3. The summed E-state index contributed by atoms with van der Waals surface area (Å²) in [7, 11) is 2.10. The number of likely N-dealkylation sites (N-methyl/N-ethyl adjacent to an activating group) is 1. The molecule has 152 valence electrons. The first-order valence-electron chi connectivity index (χ1n) is 9.43. The Labute approximate surface area is 171 Å². The summed E-state index contributed by atoms with van der Waals surface area (Å²) in [5.74, 6) is 0.660. The average molecular weight is 454 g/mol. The first-order valence-corrected chi connectivity index (χ1v) is 10.2. The Bertz CT molecular complexity index is 876. The van der Waals surface area contributed by atoms with Crippen LogP contribution in [0.3, 0.4) is 0 Å². The lowest BCUT2D eigenvalue weighted by atomic mass is 10.2. The summed E-state index contributed by atoms with van der Waals surface area (Å²) >= 11 is 3.47. The number of rotatable bonds is 4. The first-order chi connectivity index (χ1) is 13.4. The van der Waals surface area contributed by atoms with Crippen LogP contribution < -0.4 is 9.64 Å². The second kappa shape index (κ2) is 7.70. The molecular weight excluding hydrogens is 430 g/mol. The molecule has 2 unspecified atom stereocenters. The lowest BCUT2D eigenvalue weighted by Crippen LogP contribution is -2.53. The summed E-state index contributed by atoms with van der Waals surface area (Å²) in [6.45, 7) is 4.97. The number of ether oxygens (including phenoxy) is 1. The van der Waals surface area contributed by atoms with E-state index in [2.05, 4.69) is 47.8 Å². The van der Waals surface area contributed by atoms with Gasteiger partial charge in [0.05, 0.1) is 6.20 Å². The number of aromatic nitrogens is 4. The van der Waals surface area contributed by atoms with Gasteiger partial charge in [-0.15, -0.1) is 5.10 Å². The third-order valence-electron chi connectivity index (χ3n) is 5.53. The van der Waals surface area contributed by atoms with Crippen molar-refractivity contribution in [3.63, 3.8) is 0 Å². The largest absolute Gasteiger partial charge is 0.465 e. The van der Waals surface area contributed by atoms with E-state index in [-0.39, 0.29) is 6.04 Å². The zero-order valence-electron chi connectivity index (χ0n) is 16.0. The van der Waals surface area contributed by atoms with Gasteiger partial charge in [-0.1, -0.05) is 0 Å². The molecule has 1 N–H and O–H groups in total. The molecule has 10 nitrogen and oxygen atoms in total. The second-order valence-corrected chi connectivity index (χ2v) is 8.21. The van der Waals surface area contributed by atoms with E-state index in [1.54, 1.807) is 10.7 Å². The molecule has 4 heterocycles. The number of hydrogen-bond donors (Lipinski definition) is 1. The average Bonchev–Trinajstić information content (AvgIpc) is 3.25. The van der Waals surface area contributed by atoms with Gasteiger partial charge in [-0.3, -0.25) is 0 Å². The van der Waals surface area contributed by atoms with Gasteiger partial charge in [0, 0.05) is 31.7 Å². The van der Waals surface area contributed by atoms with E-state index in [4.69, 9.17) is 4.74 Å². The number of anilines is 1. The van der Waals surface area contributed by atoms with Crippen molar-refractivity contribution in [1.29, 1.82) is 0 Å². The number of hydrogen-bond acceptors (Lipinski definition) is 7. The minimum atomic E-state index is -0.896. The summed E-state index contributed by atoms with van der Waals surface area (Å²) in [4.78, 5) is 26.2. The fourth-order valence-corrected chi connectivity index (χ4v) is 4.23. The van der Waals surface area contributed by atoms with Crippen molar-refractivity contribution in [1.82, 2.24) is 29.4 Å². The predicted molar refractivity (Wildman–Crippen MR) is 106 cm³/mol. The van der Waals surface area contributed by atoms with Gasteiger partial charge >= 0.3 is 12.1 Å². The van der Waals surface area contributed by atoms with Crippen LogP contribution in [-0.4, -0.2) is 92.5 Å². The standard InChI is InChI=1S/C17H24BrN7O3/c1-11-9-23(17(26)27)6-7-24(11)15-14-19-8-13(18)25(14)21-16(20-15)28-10-12-4-3-5-22(12)2/h8,11-12H,3-7,9-10H2,1-2H3,(H,26,27). The van der Waals surface area contributed by atoms with Gasteiger partial charge in [0.1, 0.15) is 11.2 Å². The second-order valence-electron chi connectivity index (χ2n) is 7.39. The van der Waals surface area contributed by atoms with E-state index in [0.717, 1.165) is 13.0 Å². The number of amides is 1. The number of carbonyl (C=O) groups is 1. The van der Waals surface area contributed by atoms with Gasteiger partial charge in [-0.2, -0.15) is 9.50 Å². The van der Waals surface area contributed by atoms with Crippen molar-refractivity contribution in [2.75, 3.05) is 44.7 Å². The number of nitrogens with zero attached hydrogens (tertiary/aromatic N) is 7. The van der Waals surface area contributed by atoms with E-state index in [0.29, 0.717) is 54.4 Å². The Morgan fingerprint density at radius 2 is 2.21 bits per heavy atom. The zero-order valence-corrected chi connectivity index (χ0v) is 17.5. The Morgan fingerprint density at radius 1 is 1.39 bits per heavy atom. The molecule has 0 bridgehead atoms. The number of likely N-dealkylation sites (tertiary alicyclic amines) is 1. The Balaban J connectivity index is 1.61. The zero-order chi connectivity index (χ0) is 19.8. The van der Waals surface area contributed by atoms with Gasteiger partial charge in [-0.25, -0.2) is 9.78 Å². The van der Waals surface area contributed by atoms with Crippen LogP contribution in [0.25, 0.3) is 5.65 Å². The van der Waals surface area contributed by atoms with Gasteiger partial charge in [0.25, 0.3) is 0 Å². The molecule has 2 saturated heterocycles. The van der Waals surface area contributed by atoms with Gasteiger partial charge < -0.3 is 24.5 Å². The highest BCUT2D eigenvalue weighted by atomic mass is 79.9. The lowest BCUT2D eigenvalue weighted by Gasteiger charge is -2.39. The van der Waals surface area contributed by atoms with Gasteiger partial charge in [-0.05, 0) is 49.3 Å². The quantitative estimate of drug-likeness (QED) is 0.743. The number of halogens is 1. The topological polar surface area (TPSA) is 99.3 Å². The molecule has 28 heavy (non-hydrogen) atoms. The van der Waals surface area contributed by atoms with Crippen molar-refractivity contribution in [2.24, 2.45) is 0 Å². The third kappa shape index (κ3) is 3.60. The first kappa shape index (κ1) is 19.2. The molecule has 0 spiro atoms. The smallest absolute Gasteiger partial charge is 0.407 e. The summed E-state index contributed by atoms with van der Waals surface area (Å²) in [6.07, 6.45) is 3.07. The van der Waals surface area contributed by atoms with Crippen molar-refractivity contribution in [2.45, 2.75) is 31.8 Å². The van der Waals surface area contributed by atoms with Crippen LogP contribution in [0, 0.1) is 0 Å². The van der Waals surface area contributed by atoms with Crippen molar-refractivity contribution in [3.05, 3.63) is 10.8 Å². The third-order valence-corrected chi connectivity index (χ3v) is 6.07. The predicted octanol–water partition coefficient (Wildman–Crippen LogP) is 1.55. The summed E-state index contributed by atoms with van der Waals surface area (Å²) in [5, 5.41) is 13.7. The summed E-state index contributed by atoms with van der Waals surface area (Å²) in [6, 6.07) is 0.634. The highest BCUT2D eigenvalue weighted by molar-refractivity contribution is 9.10. The van der Waals surface area contributed by atoms with Gasteiger partial charge in [0.2, 0.25) is 0 Å². The molecule has 0 aliphatic carbocycles. The van der Waals surface area contributed by atoms with Crippen LogP contribution in [0.4, 0.5) is 10.6 Å². The molecule has 2 aromatic heterocycles. The number of fused-ring (bicyclic) bond motifs is 1. The van der Waals surface area contributed by atoms with Crippen molar-refractivity contribution in [3.8, 4) is 6.01 Å². The molecule has 4 rings (SSSR count). The van der Waals surface area contributed by atoms with E-state index in [9.17, 15) is 9.90 Å². The number of piperazine rings is 1. The van der Waals surface area contributed by atoms with Gasteiger partial charge in [0.15, 0.2) is 11.5 Å². The maximum Gasteiger partial charge on any atom is 0.407 e. The lowest BCUT2D eigenvalue weighted by molar-refractivity contribution is 0.136. The number of imidazole rings is 1. The van der Waals surface area contributed by atoms with Crippen LogP contribution in [0.5, 0.6) is 6.01 Å². The van der Waals surface area contributed by atoms with E-state index >= 15 is 0 Å². The van der Waals surface area contributed by atoms with Crippen LogP contribution in [-0.2, 0) is 0 Å². The molecule has 2 aliphatic heterocycles. The normalized spacial score (nSPS) is 23.5. The minimum absolute atomic E-state index is 0.0344. The van der Waals surface area contributed by atoms with E-state index in [1.807, 2.05) is 6.92 Å². The molecular formula is C17H24BrN7O3. The molecule has 0 saturated carbocycles. The molecule has 0 aromatic carbocycles. The fourth-order valence-electron chi connectivity index (χ4n) is 3.88. The van der Waals surface area contributed by atoms with Crippen LogP contribution >= 0.6 is 15.9 Å². The Hall–Kier alpha value is -2.14. The SMILES string of the molecule is CC1CN(C(=O)O)CCN1c1nc(OCC2CCCN2C)nn2c(Br)cnc12. The summed E-state index contributed by atoms with van der Waals surface area (Å²) in [5.41, 5.74) is 0.618.